The summed E-state index contributed by atoms with van der Waals surface area (Å²) in [7, 11) is -3.81. The van der Waals surface area contributed by atoms with Crippen molar-refractivity contribution in [3.05, 3.63) is 77.9 Å². The minimum Gasteiger partial charge on any atom is -0.486 e. The molecule has 3 aromatic rings. The lowest BCUT2D eigenvalue weighted by Gasteiger charge is -2.30. The standard InChI is InChI=1S/C24H22N2O5S/c27-24(17-5-2-1-3-6-17)26-12-4-7-18-15-19(8-10-21(18)26)25-32(28,29)20-9-11-22-23(16-20)31-14-13-30-22/h1-3,5-6,8-11,15-16,25H,4,7,12-14H2. The minimum absolute atomic E-state index is 0.0591. The van der Waals surface area contributed by atoms with Crippen LogP contribution in [0, 0.1) is 0 Å². The van der Waals surface area contributed by atoms with Gasteiger partial charge in [-0.05, 0) is 60.9 Å². The Labute approximate surface area is 186 Å². The van der Waals surface area contributed by atoms with E-state index in [2.05, 4.69) is 4.72 Å². The first-order valence-corrected chi connectivity index (χ1v) is 11.9. The highest BCUT2D eigenvalue weighted by molar-refractivity contribution is 7.92. The summed E-state index contributed by atoms with van der Waals surface area (Å²) in [5, 5.41) is 0. The van der Waals surface area contributed by atoms with E-state index in [-0.39, 0.29) is 10.8 Å². The Morgan fingerprint density at radius 1 is 0.906 bits per heavy atom. The highest BCUT2D eigenvalue weighted by Gasteiger charge is 2.25. The molecule has 2 aliphatic rings. The number of rotatable bonds is 4. The maximum absolute atomic E-state index is 13.0. The Bertz CT molecular complexity index is 1270. The van der Waals surface area contributed by atoms with Crippen LogP contribution in [0.5, 0.6) is 11.5 Å². The van der Waals surface area contributed by atoms with Crippen molar-refractivity contribution < 1.29 is 22.7 Å². The predicted octanol–water partition coefficient (Wildman–Crippen LogP) is 3.85. The Hall–Kier alpha value is -3.52. The van der Waals surface area contributed by atoms with Crippen molar-refractivity contribution in [3.8, 4) is 11.5 Å². The third-order valence-corrected chi connectivity index (χ3v) is 6.92. The molecular formula is C24H22N2O5S. The molecule has 0 bridgehead atoms. The maximum atomic E-state index is 13.0. The van der Waals surface area contributed by atoms with E-state index in [1.807, 2.05) is 18.2 Å². The Balaban J connectivity index is 1.40. The van der Waals surface area contributed by atoms with Gasteiger partial charge < -0.3 is 14.4 Å². The summed E-state index contributed by atoms with van der Waals surface area (Å²) in [5.74, 6) is 0.892. The second-order valence-corrected chi connectivity index (χ2v) is 9.36. The average Bonchev–Trinajstić information content (AvgIpc) is 2.83. The molecule has 0 aliphatic carbocycles. The zero-order valence-electron chi connectivity index (χ0n) is 17.3. The van der Waals surface area contributed by atoms with Crippen molar-refractivity contribution in [2.24, 2.45) is 0 Å². The van der Waals surface area contributed by atoms with Crippen molar-refractivity contribution >= 4 is 27.3 Å². The SMILES string of the molecule is O=C(c1ccccc1)N1CCCc2cc(NS(=O)(=O)c3ccc4c(c3)OCCO4)ccc21. The molecule has 1 N–H and O–H groups in total. The lowest BCUT2D eigenvalue weighted by Crippen LogP contribution is -2.35. The van der Waals surface area contributed by atoms with E-state index in [1.165, 1.54) is 12.1 Å². The highest BCUT2D eigenvalue weighted by Crippen LogP contribution is 2.34. The zero-order valence-corrected chi connectivity index (χ0v) is 18.1. The van der Waals surface area contributed by atoms with Crippen LogP contribution >= 0.6 is 0 Å². The van der Waals surface area contributed by atoms with Crippen molar-refractivity contribution in [1.82, 2.24) is 0 Å². The van der Waals surface area contributed by atoms with Crippen LogP contribution in [-0.2, 0) is 16.4 Å². The number of carbonyl (C=O) groups excluding carboxylic acids is 1. The summed E-state index contributed by atoms with van der Waals surface area (Å²) < 4.78 is 39.5. The Kier molecular flexibility index (Phi) is 5.22. The lowest BCUT2D eigenvalue weighted by atomic mass is 10.00. The van der Waals surface area contributed by atoms with Crippen LogP contribution in [0.15, 0.2) is 71.6 Å². The number of nitrogens with one attached hydrogen (secondary N) is 1. The van der Waals surface area contributed by atoms with Gasteiger partial charge in [0.15, 0.2) is 11.5 Å². The van der Waals surface area contributed by atoms with Gasteiger partial charge in [0.2, 0.25) is 0 Å². The van der Waals surface area contributed by atoms with Gasteiger partial charge in [0.05, 0.1) is 4.90 Å². The van der Waals surface area contributed by atoms with Gasteiger partial charge in [0.25, 0.3) is 15.9 Å². The third-order valence-electron chi connectivity index (χ3n) is 5.54. The van der Waals surface area contributed by atoms with Crippen LogP contribution in [0.4, 0.5) is 11.4 Å². The number of nitrogens with zero attached hydrogens (tertiary/aromatic N) is 1. The third kappa shape index (κ3) is 3.89. The van der Waals surface area contributed by atoms with Crippen molar-refractivity contribution in [2.75, 3.05) is 29.4 Å². The molecule has 7 nitrogen and oxygen atoms in total. The molecular weight excluding hydrogens is 428 g/mol. The number of ether oxygens (including phenoxy) is 2. The van der Waals surface area contributed by atoms with Gasteiger partial charge in [-0.3, -0.25) is 9.52 Å². The number of sulfonamides is 1. The molecule has 1 amide bonds. The summed E-state index contributed by atoms with van der Waals surface area (Å²) in [5.41, 5.74) is 2.83. The number of amides is 1. The smallest absolute Gasteiger partial charge is 0.262 e. The summed E-state index contributed by atoms with van der Waals surface area (Å²) >= 11 is 0. The number of hydrogen-bond acceptors (Lipinski definition) is 5. The second kappa shape index (κ2) is 8.20. The quantitative estimate of drug-likeness (QED) is 0.653. The molecule has 0 aromatic heterocycles. The molecule has 0 spiro atoms. The molecule has 0 fully saturated rings. The van der Waals surface area contributed by atoms with Crippen LogP contribution < -0.4 is 19.1 Å². The summed E-state index contributed by atoms with van der Waals surface area (Å²) in [6, 6.07) is 19.0. The predicted molar refractivity (Wildman–Crippen MR) is 121 cm³/mol. The van der Waals surface area contributed by atoms with E-state index in [0.29, 0.717) is 42.5 Å². The first-order chi connectivity index (χ1) is 15.5. The van der Waals surface area contributed by atoms with Crippen LogP contribution in [0.3, 0.4) is 0 Å². The molecule has 3 aromatic carbocycles. The van der Waals surface area contributed by atoms with Crippen LogP contribution in [0.2, 0.25) is 0 Å². The maximum Gasteiger partial charge on any atom is 0.262 e. The van der Waals surface area contributed by atoms with E-state index < -0.39 is 10.0 Å². The van der Waals surface area contributed by atoms with E-state index in [4.69, 9.17) is 9.47 Å². The summed E-state index contributed by atoms with van der Waals surface area (Å²) in [6.07, 6.45) is 1.58. The molecule has 0 saturated carbocycles. The number of aryl methyl sites for hydroxylation is 1. The molecule has 2 aliphatic heterocycles. The van der Waals surface area contributed by atoms with Gasteiger partial charge in [-0.25, -0.2) is 8.42 Å². The molecule has 164 valence electrons. The lowest BCUT2D eigenvalue weighted by molar-refractivity contribution is 0.0985. The van der Waals surface area contributed by atoms with Gasteiger partial charge in [-0.2, -0.15) is 0 Å². The number of fused-ring (bicyclic) bond motifs is 2. The van der Waals surface area contributed by atoms with Crippen LogP contribution in [0.1, 0.15) is 22.3 Å². The molecule has 0 unspecified atom stereocenters. The summed E-state index contributed by atoms with van der Waals surface area (Å²) in [4.78, 5) is 14.8. The molecule has 0 saturated heterocycles. The molecule has 0 atom stereocenters. The van der Waals surface area contributed by atoms with E-state index in [9.17, 15) is 13.2 Å². The van der Waals surface area contributed by atoms with Gasteiger partial charge in [0.1, 0.15) is 13.2 Å². The minimum atomic E-state index is -3.81. The highest BCUT2D eigenvalue weighted by atomic mass is 32.2. The van der Waals surface area contributed by atoms with Gasteiger partial charge in [-0.15, -0.1) is 0 Å². The molecule has 2 heterocycles. The number of benzene rings is 3. The van der Waals surface area contributed by atoms with E-state index in [0.717, 1.165) is 24.1 Å². The Morgan fingerprint density at radius 2 is 1.69 bits per heavy atom. The number of hydrogen-bond donors (Lipinski definition) is 1. The monoisotopic (exact) mass is 450 g/mol. The van der Waals surface area contributed by atoms with Gasteiger partial charge in [0, 0.05) is 29.5 Å². The molecule has 8 heteroatoms. The topological polar surface area (TPSA) is 84.9 Å². The van der Waals surface area contributed by atoms with Crippen molar-refractivity contribution in [1.29, 1.82) is 0 Å². The second-order valence-electron chi connectivity index (χ2n) is 7.68. The normalized spacial score (nSPS) is 15.1. The average molecular weight is 451 g/mol. The Morgan fingerprint density at radius 3 is 2.50 bits per heavy atom. The van der Waals surface area contributed by atoms with Crippen molar-refractivity contribution in [2.45, 2.75) is 17.7 Å². The fourth-order valence-electron chi connectivity index (χ4n) is 4.01. The number of anilines is 2. The van der Waals surface area contributed by atoms with E-state index >= 15 is 0 Å². The van der Waals surface area contributed by atoms with E-state index in [1.54, 1.807) is 41.3 Å². The first kappa shape index (κ1) is 20.4. The fourth-order valence-corrected chi connectivity index (χ4v) is 5.08. The summed E-state index contributed by atoms with van der Waals surface area (Å²) in [6.45, 7) is 1.45. The largest absolute Gasteiger partial charge is 0.486 e. The molecule has 32 heavy (non-hydrogen) atoms. The first-order valence-electron chi connectivity index (χ1n) is 10.4. The zero-order chi connectivity index (χ0) is 22.1. The number of carbonyl (C=O) groups is 1. The van der Waals surface area contributed by atoms with Crippen LogP contribution in [0.25, 0.3) is 0 Å². The fraction of sp³-hybridized carbons (Fsp3) is 0.208. The van der Waals surface area contributed by atoms with Gasteiger partial charge in [-0.1, -0.05) is 18.2 Å². The van der Waals surface area contributed by atoms with Crippen LogP contribution in [-0.4, -0.2) is 34.1 Å². The van der Waals surface area contributed by atoms with Gasteiger partial charge >= 0.3 is 0 Å². The van der Waals surface area contributed by atoms with Crippen molar-refractivity contribution in [3.63, 3.8) is 0 Å². The molecule has 5 rings (SSSR count). The molecule has 0 radical (unpaired) electrons.